The van der Waals surface area contributed by atoms with Crippen LogP contribution in [0.15, 0.2) is 0 Å². The summed E-state index contributed by atoms with van der Waals surface area (Å²) in [6, 6.07) is -0.375. The number of rotatable bonds is 10. The van der Waals surface area contributed by atoms with E-state index in [1.54, 1.807) is 0 Å². The number of hydrogen-bond acceptors (Lipinski definition) is 6. The SMILES string of the molecule is C.CC(C)C[C@@H](CO)N(C)C.CC(C)C[C@H](N)C(=O)O.CC(C)C[C@H](N)CO.[B]. The molecule has 0 fully saturated rings. The van der Waals surface area contributed by atoms with Gasteiger partial charge in [-0.3, -0.25) is 4.79 Å². The largest absolute Gasteiger partial charge is 0.480 e. The zero-order chi connectivity index (χ0) is 22.2. The average Bonchev–Trinajstić information content (AvgIpc) is 2.51. The van der Waals surface area contributed by atoms with E-state index in [1.165, 1.54) is 0 Å². The molecule has 0 aromatic rings. The molecular formula is C21H51BN3O4. The van der Waals surface area contributed by atoms with Gasteiger partial charge in [0.15, 0.2) is 0 Å². The van der Waals surface area contributed by atoms with Crippen LogP contribution in [0.3, 0.4) is 0 Å². The van der Waals surface area contributed by atoms with Crippen molar-refractivity contribution < 1.29 is 20.1 Å². The third-order valence-corrected chi connectivity index (χ3v) is 3.74. The average molecular weight is 420 g/mol. The Morgan fingerprint density at radius 3 is 1.31 bits per heavy atom. The molecule has 0 saturated carbocycles. The molecule has 0 aromatic heterocycles. The van der Waals surface area contributed by atoms with Gasteiger partial charge in [0.1, 0.15) is 6.04 Å². The van der Waals surface area contributed by atoms with E-state index in [9.17, 15) is 4.79 Å². The van der Waals surface area contributed by atoms with E-state index in [2.05, 4.69) is 32.6 Å². The molecule has 0 saturated heterocycles. The number of aliphatic hydroxyl groups is 2. The van der Waals surface area contributed by atoms with Gasteiger partial charge >= 0.3 is 5.97 Å². The molecule has 0 amide bonds. The van der Waals surface area contributed by atoms with E-state index < -0.39 is 12.0 Å². The quantitative estimate of drug-likeness (QED) is 0.341. The summed E-state index contributed by atoms with van der Waals surface area (Å²) in [4.78, 5) is 12.2. The van der Waals surface area contributed by atoms with Crippen molar-refractivity contribution in [1.82, 2.24) is 4.90 Å². The Bertz CT molecular complexity index is 344. The van der Waals surface area contributed by atoms with E-state index in [4.69, 9.17) is 26.8 Å². The Morgan fingerprint density at radius 1 is 0.828 bits per heavy atom. The fourth-order valence-corrected chi connectivity index (χ4v) is 2.28. The smallest absolute Gasteiger partial charge is 0.320 e. The summed E-state index contributed by atoms with van der Waals surface area (Å²) in [7, 11) is 4.01. The summed E-state index contributed by atoms with van der Waals surface area (Å²) >= 11 is 0. The first-order chi connectivity index (χ1) is 12.3. The van der Waals surface area contributed by atoms with Gasteiger partial charge in [-0.15, -0.1) is 0 Å². The van der Waals surface area contributed by atoms with Gasteiger partial charge in [-0.05, 0) is 51.1 Å². The van der Waals surface area contributed by atoms with Crippen LogP contribution in [0.25, 0.3) is 0 Å². The molecule has 0 rings (SSSR count). The van der Waals surface area contributed by atoms with Crippen molar-refractivity contribution in [1.29, 1.82) is 0 Å². The number of nitrogens with zero attached hydrogens (tertiary/aromatic N) is 1. The highest BCUT2D eigenvalue weighted by molar-refractivity contribution is 5.75. The van der Waals surface area contributed by atoms with Crippen molar-refractivity contribution in [2.24, 2.45) is 29.2 Å². The van der Waals surface area contributed by atoms with Crippen molar-refractivity contribution in [3.63, 3.8) is 0 Å². The topological polar surface area (TPSA) is 133 Å². The highest BCUT2D eigenvalue weighted by atomic mass is 16.4. The van der Waals surface area contributed by atoms with E-state index >= 15 is 0 Å². The number of nitrogens with two attached hydrogens (primary N) is 2. The molecule has 0 aliphatic rings. The third kappa shape index (κ3) is 32.2. The summed E-state index contributed by atoms with van der Waals surface area (Å²) < 4.78 is 0. The first-order valence-electron chi connectivity index (χ1n) is 9.90. The normalized spacial score (nSPS) is 13.4. The van der Waals surface area contributed by atoms with Crippen LogP contribution < -0.4 is 11.5 Å². The van der Waals surface area contributed by atoms with Gasteiger partial charge in [0, 0.05) is 20.5 Å². The lowest BCUT2D eigenvalue weighted by Gasteiger charge is -2.23. The van der Waals surface area contributed by atoms with Gasteiger partial charge in [-0.1, -0.05) is 49.0 Å². The second kappa shape index (κ2) is 23.6. The molecule has 177 valence electrons. The summed E-state index contributed by atoms with van der Waals surface area (Å²) in [5.41, 5.74) is 10.6. The fraction of sp³-hybridized carbons (Fsp3) is 0.952. The maximum absolute atomic E-state index is 10.1. The summed E-state index contributed by atoms with van der Waals surface area (Å²) in [5, 5.41) is 25.7. The van der Waals surface area contributed by atoms with Crippen LogP contribution in [-0.4, -0.2) is 80.0 Å². The van der Waals surface area contributed by atoms with E-state index in [-0.39, 0.29) is 35.1 Å². The van der Waals surface area contributed by atoms with Crippen molar-refractivity contribution >= 4 is 14.4 Å². The third-order valence-electron chi connectivity index (χ3n) is 3.74. The van der Waals surface area contributed by atoms with Gasteiger partial charge in [-0.2, -0.15) is 0 Å². The highest BCUT2D eigenvalue weighted by Gasteiger charge is 2.12. The lowest BCUT2D eigenvalue weighted by molar-refractivity contribution is -0.138. The number of carboxylic acids is 1. The predicted octanol–water partition coefficient (Wildman–Crippen LogP) is 2.01. The summed E-state index contributed by atoms with van der Waals surface area (Å²) in [6.45, 7) is 12.8. The fourth-order valence-electron chi connectivity index (χ4n) is 2.28. The Morgan fingerprint density at radius 2 is 1.21 bits per heavy atom. The minimum Gasteiger partial charge on any atom is -0.480 e. The Labute approximate surface area is 182 Å². The molecule has 7 nitrogen and oxygen atoms in total. The van der Waals surface area contributed by atoms with E-state index in [0.717, 1.165) is 12.8 Å². The van der Waals surface area contributed by atoms with Crippen molar-refractivity contribution in [2.45, 2.75) is 86.4 Å². The van der Waals surface area contributed by atoms with Gasteiger partial charge in [0.2, 0.25) is 0 Å². The molecule has 0 unspecified atom stereocenters. The molecule has 7 N–H and O–H groups in total. The molecule has 29 heavy (non-hydrogen) atoms. The highest BCUT2D eigenvalue weighted by Crippen LogP contribution is 2.07. The lowest BCUT2D eigenvalue weighted by Crippen LogP contribution is -2.32. The standard InChI is InChI=1S/C8H19NO.C6H13NO2.C6H15NO.CH4.B/c1-7(2)5-8(6-10)9(3)4;1-4(2)3-5(7)6(8)9;1-5(2)3-6(7)4-8;;/h7-8,10H,5-6H2,1-4H3;4-5H,3,7H2,1-2H3,(H,8,9);5-6,8H,3-4,7H2,1-2H3;1H4;/t8-;5-;6-;;/m000../s1. The van der Waals surface area contributed by atoms with Crippen LogP contribution in [0.5, 0.6) is 0 Å². The zero-order valence-corrected chi connectivity index (χ0v) is 19.4. The van der Waals surface area contributed by atoms with Gasteiger partial charge < -0.3 is 31.7 Å². The Hall–Kier alpha value is -0.665. The monoisotopic (exact) mass is 420 g/mol. The van der Waals surface area contributed by atoms with E-state index in [1.807, 2.05) is 27.9 Å². The Balaban J connectivity index is -0.0000000966. The number of carboxylic acid groups (broad SMARTS) is 1. The van der Waals surface area contributed by atoms with Crippen LogP contribution >= 0.6 is 0 Å². The summed E-state index contributed by atoms with van der Waals surface area (Å²) in [5.74, 6) is 0.705. The first kappa shape index (κ1) is 38.9. The molecule has 0 heterocycles. The number of likely N-dealkylation sites (N-methyl/N-ethyl adjacent to an activating group) is 1. The second-order valence-corrected chi connectivity index (χ2v) is 8.58. The number of hydrogen-bond donors (Lipinski definition) is 5. The molecular weight excluding hydrogens is 369 g/mol. The van der Waals surface area contributed by atoms with Crippen LogP contribution in [-0.2, 0) is 4.79 Å². The molecule has 8 heteroatoms. The lowest BCUT2D eigenvalue weighted by atomic mass is 10.0. The maximum atomic E-state index is 10.1. The number of aliphatic carboxylic acids is 1. The molecule has 0 aliphatic carbocycles. The molecule has 3 radical (unpaired) electrons. The zero-order valence-electron chi connectivity index (χ0n) is 19.4. The minimum absolute atomic E-state index is 0. The van der Waals surface area contributed by atoms with Crippen molar-refractivity contribution in [3.8, 4) is 0 Å². The maximum Gasteiger partial charge on any atom is 0.320 e. The van der Waals surface area contributed by atoms with Gasteiger partial charge in [-0.25, -0.2) is 0 Å². The van der Waals surface area contributed by atoms with E-state index in [0.29, 0.717) is 30.2 Å². The molecule has 0 spiro atoms. The predicted molar refractivity (Wildman–Crippen MR) is 126 cm³/mol. The molecule has 0 aliphatic heterocycles. The van der Waals surface area contributed by atoms with Crippen LogP contribution in [0, 0.1) is 17.8 Å². The van der Waals surface area contributed by atoms with Crippen molar-refractivity contribution in [2.75, 3.05) is 27.3 Å². The van der Waals surface area contributed by atoms with Crippen molar-refractivity contribution in [3.05, 3.63) is 0 Å². The van der Waals surface area contributed by atoms with Gasteiger partial charge in [0.25, 0.3) is 0 Å². The molecule has 0 aromatic carbocycles. The van der Waals surface area contributed by atoms with Gasteiger partial charge in [0.05, 0.1) is 13.2 Å². The minimum atomic E-state index is -0.913. The van der Waals surface area contributed by atoms with Crippen LogP contribution in [0.4, 0.5) is 0 Å². The Kier molecular flexibility index (Phi) is 31.7. The van der Waals surface area contributed by atoms with Crippen LogP contribution in [0.1, 0.15) is 68.2 Å². The second-order valence-electron chi connectivity index (χ2n) is 8.58. The first-order valence-corrected chi connectivity index (χ1v) is 9.90. The number of carbonyl (C=O) groups is 1. The molecule has 3 atom stereocenters. The van der Waals surface area contributed by atoms with Crippen LogP contribution in [0.2, 0.25) is 0 Å². The number of aliphatic hydroxyl groups excluding tert-OH is 2. The summed E-state index contributed by atoms with van der Waals surface area (Å²) in [6.07, 6.45) is 2.54. The molecule has 0 bridgehead atoms.